The van der Waals surface area contributed by atoms with Gasteiger partial charge in [0.1, 0.15) is 6.04 Å². The minimum atomic E-state index is -0.479. The summed E-state index contributed by atoms with van der Waals surface area (Å²) in [5.74, 6) is -0.212. The number of hydrogen-bond donors (Lipinski definition) is 4. The standard InChI is InChI=1S/C20H21N5O2/c1-13(19(26)23-18-4-2-3-14(11-18)12-21)22-15-5-7-16(8-6-15)24-20(27)25-17-9-10-17/h2-8,11,13,17,22H,9-10H2,1H3,(H,23,26)(H2,24,25,27). The fourth-order valence-corrected chi connectivity index (χ4v) is 2.46. The molecule has 1 aliphatic carbocycles. The number of urea groups is 1. The fraction of sp³-hybridized carbons (Fsp3) is 0.250. The number of nitrogens with one attached hydrogen (secondary N) is 4. The maximum atomic E-state index is 12.3. The highest BCUT2D eigenvalue weighted by atomic mass is 16.2. The Morgan fingerprint density at radius 2 is 1.74 bits per heavy atom. The molecular weight excluding hydrogens is 342 g/mol. The summed E-state index contributed by atoms with van der Waals surface area (Å²) in [7, 11) is 0. The number of benzene rings is 2. The van der Waals surface area contributed by atoms with Crippen molar-refractivity contribution in [3.8, 4) is 6.07 Å². The van der Waals surface area contributed by atoms with Gasteiger partial charge in [-0.3, -0.25) is 4.79 Å². The molecule has 0 radical (unpaired) electrons. The van der Waals surface area contributed by atoms with Crippen LogP contribution in [0.15, 0.2) is 48.5 Å². The smallest absolute Gasteiger partial charge is 0.319 e. The van der Waals surface area contributed by atoms with Crippen LogP contribution in [0.3, 0.4) is 0 Å². The number of rotatable bonds is 6. The minimum absolute atomic E-state index is 0.203. The molecule has 4 N–H and O–H groups in total. The SMILES string of the molecule is CC(Nc1ccc(NC(=O)NC2CC2)cc1)C(=O)Nc1cccc(C#N)c1. The summed E-state index contributed by atoms with van der Waals surface area (Å²) >= 11 is 0. The Balaban J connectivity index is 1.51. The third-order valence-electron chi connectivity index (χ3n) is 4.09. The van der Waals surface area contributed by atoms with Crippen LogP contribution in [-0.2, 0) is 4.79 Å². The lowest BCUT2D eigenvalue weighted by molar-refractivity contribution is -0.116. The predicted molar refractivity (Wildman–Crippen MR) is 104 cm³/mol. The van der Waals surface area contributed by atoms with Crippen molar-refractivity contribution in [1.82, 2.24) is 5.32 Å². The third-order valence-corrected chi connectivity index (χ3v) is 4.09. The Bertz CT molecular complexity index is 869. The Morgan fingerprint density at radius 3 is 2.41 bits per heavy atom. The van der Waals surface area contributed by atoms with Crippen LogP contribution in [0.4, 0.5) is 21.9 Å². The number of hydrogen-bond acceptors (Lipinski definition) is 4. The van der Waals surface area contributed by atoms with E-state index in [1.165, 1.54) is 0 Å². The van der Waals surface area contributed by atoms with Crippen molar-refractivity contribution in [1.29, 1.82) is 5.26 Å². The highest BCUT2D eigenvalue weighted by Crippen LogP contribution is 2.19. The van der Waals surface area contributed by atoms with Gasteiger partial charge in [-0.15, -0.1) is 0 Å². The third kappa shape index (κ3) is 5.47. The molecule has 3 rings (SSSR count). The lowest BCUT2D eigenvalue weighted by Crippen LogP contribution is -2.32. The second kappa shape index (κ2) is 8.23. The first-order valence-electron chi connectivity index (χ1n) is 8.78. The van der Waals surface area contributed by atoms with Crippen molar-refractivity contribution >= 4 is 29.0 Å². The molecule has 0 saturated heterocycles. The van der Waals surface area contributed by atoms with Crippen LogP contribution in [0, 0.1) is 11.3 Å². The van der Waals surface area contributed by atoms with Gasteiger partial charge >= 0.3 is 6.03 Å². The highest BCUT2D eigenvalue weighted by Gasteiger charge is 2.23. The van der Waals surface area contributed by atoms with Gasteiger partial charge in [-0.2, -0.15) is 5.26 Å². The summed E-state index contributed by atoms with van der Waals surface area (Å²) in [5.41, 5.74) is 2.51. The number of carbonyl (C=O) groups excluding carboxylic acids is 2. The molecule has 2 aromatic carbocycles. The van der Waals surface area contributed by atoms with Gasteiger partial charge in [0.2, 0.25) is 5.91 Å². The predicted octanol–water partition coefficient (Wildman–Crippen LogP) is 3.28. The van der Waals surface area contributed by atoms with E-state index in [0.29, 0.717) is 23.0 Å². The Hall–Kier alpha value is -3.53. The normalized spacial score (nSPS) is 13.8. The van der Waals surface area contributed by atoms with Crippen LogP contribution in [0.5, 0.6) is 0 Å². The average Bonchev–Trinajstić information content (AvgIpc) is 3.47. The Kier molecular flexibility index (Phi) is 5.57. The molecule has 27 heavy (non-hydrogen) atoms. The number of amides is 3. The average molecular weight is 363 g/mol. The summed E-state index contributed by atoms with van der Waals surface area (Å²) < 4.78 is 0. The van der Waals surface area contributed by atoms with Gasteiger partial charge in [0.15, 0.2) is 0 Å². The summed E-state index contributed by atoms with van der Waals surface area (Å²) in [6, 6.07) is 15.6. The quantitative estimate of drug-likeness (QED) is 0.632. The lowest BCUT2D eigenvalue weighted by Gasteiger charge is -2.16. The van der Waals surface area contributed by atoms with Crippen molar-refractivity contribution in [2.24, 2.45) is 0 Å². The van der Waals surface area contributed by atoms with Gasteiger partial charge in [0, 0.05) is 23.1 Å². The molecule has 2 aromatic rings. The first-order chi connectivity index (χ1) is 13.0. The largest absolute Gasteiger partial charge is 0.374 e. The first kappa shape index (κ1) is 18.3. The van der Waals surface area contributed by atoms with Gasteiger partial charge < -0.3 is 21.3 Å². The van der Waals surface area contributed by atoms with Crippen LogP contribution < -0.4 is 21.3 Å². The van der Waals surface area contributed by atoms with Gasteiger partial charge in [-0.1, -0.05) is 6.07 Å². The second-order valence-corrected chi connectivity index (χ2v) is 6.50. The summed E-state index contributed by atoms with van der Waals surface area (Å²) in [6.45, 7) is 1.75. The number of carbonyl (C=O) groups is 2. The van der Waals surface area contributed by atoms with Crippen LogP contribution >= 0.6 is 0 Å². The van der Waals surface area contributed by atoms with Crippen LogP contribution in [0.25, 0.3) is 0 Å². The first-order valence-corrected chi connectivity index (χ1v) is 8.78. The molecule has 0 heterocycles. The van der Waals surface area contributed by atoms with Crippen molar-refractivity contribution in [2.75, 3.05) is 16.0 Å². The summed E-state index contributed by atoms with van der Waals surface area (Å²) in [6.07, 6.45) is 2.08. The molecule has 1 fully saturated rings. The van der Waals surface area contributed by atoms with Crippen LogP contribution in [0.2, 0.25) is 0 Å². The van der Waals surface area contributed by atoms with E-state index in [9.17, 15) is 9.59 Å². The topological polar surface area (TPSA) is 106 Å². The van der Waals surface area contributed by atoms with Gasteiger partial charge in [0.25, 0.3) is 0 Å². The van der Waals surface area contributed by atoms with E-state index >= 15 is 0 Å². The maximum absolute atomic E-state index is 12.3. The molecular formula is C20H21N5O2. The minimum Gasteiger partial charge on any atom is -0.374 e. The zero-order chi connectivity index (χ0) is 19.2. The van der Waals surface area contributed by atoms with Crippen molar-refractivity contribution in [3.05, 3.63) is 54.1 Å². The van der Waals surface area contributed by atoms with E-state index in [-0.39, 0.29) is 11.9 Å². The van der Waals surface area contributed by atoms with E-state index in [1.54, 1.807) is 55.5 Å². The number of nitriles is 1. The van der Waals surface area contributed by atoms with Crippen LogP contribution in [-0.4, -0.2) is 24.0 Å². The lowest BCUT2D eigenvalue weighted by atomic mass is 10.2. The van der Waals surface area contributed by atoms with E-state index in [4.69, 9.17) is 5.26 Å². The molecule has 1 saturated carbocycles. The van der Waals surface area contributed by atoms with E-state index < -0.39 is 6.04 Å². The van der Waals surface area contributed by atoms with E-state index in [2.05, 4.69) is 21.3 Å². The molecule has 1 unspecified atom stereocenters. The number of anilines is 3. The van der Waals surface area contributed by atoms with E-state index in [0.717, 1.165) is 18.5 Å². The molecule has 1 aliphatic rings. The molecule has 7 nitrogen and oxygen atoms in total. The Labute approximate surface area is 157 Å². The van der Waals surface area contributed by atoms with Crippen molar-refractivity contribution < 1.29 is 9.59 Å². The maximum Gasteiger partial charge on any atom is 0.319 e. The highest BCUT2D eigenvalue weighted by molar-refractivity contribution is 5.96. The molecule has 0 aromatic heterocycles. The zero-order valence-corrected chi connectivity index (χ0v) is 15.0. The second-order valence-electron chi connectivity index (χ2n) is 6.50. The summed E-state index contributed by atoms with van der Waals surface area (Å²) in [5, 5.41) is 20.4. The van der Waals surface area contributed by atoms with Gasteiger partial charge in [-0.25, -0.2) is 4.79 Å². The van der Waals surface area contributed by atoms with E-state index in [1.807, 2.05) is 6.07 Å². The van der Waals surface area contributed by atoms with Crippen molar-refractivity contribution in [2.45, 2.75) is 31.8 Å². The molecule has 0 spiro atoms. The Morgan fingerprint density at radius 1 is 1.04 bits per heavy atom. The van der Waals surface area contributed by atoms with Crippen LogP contribution in [0.1, 0.15) is 25.3 Å². The zero-order valence-electron chi connectivity index (χ0n) is 15.0. The fourth-order valence-electron chi connectivity index (χ4n) is 2.46. The van der Waals surface area contributed by atoms with Gasteiger partial charge in [-0.05, 0) is 62.2 Å². The molecule has 0 bridgehead atoms. The monoisotopic (exact) mass is 363 g/mol. The van der Waals surface area contributed by atoms with Crippen molar-refractivity contribution in [3.63, 3.8) is 0 Å². The molecule has 3 amide bonds. The molecule has 138 valence electrons. The molecule has 0 aliphatic heterocycles. The number of nitrogens with zero attached hydrogens (tertiary/aromatic N) is 1. The molecule has 7 heteroatoms. The van der Waals surface area contributed by atoms with Gasteiger partial charge in [0.05, 0.1) is 11.6 Å². The summed E-state index contributed by atoms with van der Waals surface area (Å²) in [4.78, 5) is 24.0. The molecule has 1 atom stereocenters.